The van der Waals surface area contributed by atoms with Crippen LogP contribution in [0.2, 0.25) is 0 Å². The summed E-state index contributed by atoms with van der Waals surface area (Å²) in [5, 5.41) is 12.8. The maximum absolute atomic E-state index is 12.1. The van der Waals surface area contributed by atoms with Gasteiger partial charge in [0.25, 0.3) is 5.91 Å². The first kappa shape index (κ1) is 17.3. The molecule has 0 heterocycles. The predicted molar refractivity (Wildman–Crippen MR) is 84.4 cm³/mol. The average Bonchev–Trinajstić information content (AvgIpc) is 2.45. The molecule has 1 rings (SSSR count). The van der Waals surface area contributed by atoms with Crippen LogP contribution < -0.4 is 15.8 Å². The summed E-state index contributed by atoms with van der Waals surface area (Å²) in [6.07, 6.45) is 1.25. The van der Waals surface area contributed by atoms with Gasteiger partial charge in [-0.05, 0) is 25.0 Å². The van der Waals surface area contributed by atoms with E-state index in [0.29, 0.717) is 23.6 Å². The van der Waals surface area contributed by atoms with Crippen molar-refractivity contribution in [1.29, 1.82) is 0 Å². The lowest BCUT2D eigenvalue weighted by Crippen LogP contribution is -2.36. The zero-order valence-electron chi connectivity index (χ0n) is 13.1. The third-order valence-electron chi connectivity index (χ3n) is 3.57. The van der Waals surface area contributed by atoms with E-state index >= 15 is 0 Å². The van der Waals surface area contributed by atoms with Gasteiger partial charge in [-0.15, -0.1) is 0 Å². The zero-order valence-corrected chi connectivity index (χ0v) is 13.1. The summed E-state index contributed by atoms with van der Waals surface area (Å²) < 4.78 is 5.37. The number of hydrogen-bond donors (Lipinski definition) is 3. The topological polar surface area (TPSA) is 84.6 Å². The molecule has 1 amide bonds. The van der Waals surface area contributed by atoms with Gasteiger partial charge in [0.1, 0.15) is 5.75 Å². The predicted octanol–water partition coefficient (Wildman–Crippen LogP) is 2.19. The Kier molecular flexibility index (Phi) is 7.02. The average molecular weight is 294 g/mol. The number of rotatable bonds is 8. The van der Waals surface area contributed by atoms with Crippen molar-refractivity contribution in [2.45, 2.75) is 39.7 Å². The summed E-state index contributed by atoms with van der Waals surface area (Å²) in [6, 6.07) is 4.93. The molecule has 0 saturated heterocycles. The number of hydrogen-bond acceptors (Lipinski definition) is 4. The van der Waals surface area contributed by atoms with Crippen molar-refractivity contribution in [2.75, 3.05) is 18.9 Å². The molecule has 1 aromatic rings. The number of aliphatic hydroxyl groups is 1. The molecule has 5 heteroatoms. The van der Waals surface area contributed by atoms with E-state index < -0.39 is 6.10 Å². The van der Waals surface area contributed by atoms with Crippen molar-refractivity contribution < 1.29 is 14.6 Å². The number of carbonyl (C=O) groups excluding carboxylic acids is 1. The van der Waals surface area contributed by atoms with E-state index in [1.807, 2.05) is 20.8 Å². The number of amides is 1. The summed E-state index contributed by atoms with van der Waals surface area (Å²) in [5.74, 6) is 0.515. The summed E-state index contributed by atoms with van der Waals surface area (Å²) in [4.78, 5) is 12.1. The number of carbonyl (C=O) groups is 1. The van der Waals surface area contributed by atoms with E-state index in [1.54, 1.807) is 18.2 Å². The molecule has 1 atom stereocenters. The molecule has 0 aromatic heterocycles. The molecule has 118 valence electrons. The van der Waals surface area contributed by atoms with Crippen LogP contribution in [0.3, 0.4) is 0 Å². The Balaban J connectivity index is 2.67. The molecule has 0 aliphatic heterocycles. The van der Waals surface area contributed by atoms with Gasteiger partial charge in [0.15, 0.2) is 0 Å². The van der Waals surface area contributed by atoms with Gasteiger partial charge in [-0.2, -0.15) is 0 Å². The molecule has 0 radical (unpaired) electrons. The van der Waals surface area contributed by atoms with Gasteiger partial charge < -0.3 is 20.9 Å². The molecule has 1 unspecified atom stereocenters. The molecule has 5 nitrogen and oxygen atoms in total. The second-order valence-electron chi connectivity index (χ2n) is 5.08. The zero-order chi connectivity index (χ0) is 15.8. The summed E-state index contributed by atoms with van der Waals surface area (Å²) in [6.45, 7) is 6.69. The van der Waals surface area contributed by atoms with Gasteiger partial charge in [-0.1, -0.05) is 26.7 Å². The van der Waals surface area contributed by atoms with E-state index in [4.69, 9.17) is 10.5 Å². The fourth-order valence-corrected chi connectivity index (χ4v) is 2.30. The van der Waals surface area contributed by atoms with Crippen LogP contribution in [0.25, 0.3) is 0 Å². The molecule has 0 spiro atoms. The highest BCUT2D eigenvalue weighted by Gasteiger charge is 2.17. The molecule has 1 aromatic carbocycles. The number of ether oxygens (including phenoxy) is 1. The van der Waals surface area contributed by atoms with Crippen LogP contribution in [-0.4, -0.2) is 30.3 Å². The Hall–Kier alpha value is -1.75. The Morgan fingerprint density at radius 2 is 1.95 bits per heavy atom. The number of nitrogens with two attached hydrogens (primary N) is 1. The molecule has 0 fully saturated rings. The fourth-order valence-electron chi connectivity index (χ4n) is 2.30. The number of nitrogen functional groups attached to an aromatic ring is 1. The number of anilines is 1. The maximum atomic E-state index is 12.1. The minimum absolute atomic E-state index is 0.199. The number of nitrogens with one attached hydrogen (secondary N) is 1. The lowest BCUT2D eigenvalue weighted by Gasteiger charge is -2.20. The van der Waals surface area contributed by atoms with Crippen LogP contribution in [0, 0.1) is 5.92 Å². The van der Waals surface area contributed by atoms with Crippen LogP contribution in [0.5, 0.6) is 5.75 Å². The lowest BCUT2D eigenvalue weighted by molar-refractivity contribution is 0.0816. The highest BCUT2D eigenvalue weighted by molar-refractivity contribution is 5.95. The second kappa shape index (κ2) is 8.52. The molecule has 0 bridgehead atoms. The smallest absolute Gasteiger partial charge is 0.251 e. The van der Waals surface area contributed by atoms with E-state index in [0.717, 1.165) is 12.8 Å². The van der Waals surface area contributed by atoms with Crippen molar-refractivity contribution in [3.05, 3.63) is 23.8 Å². The molecule has 21 heavy (non-hydrogen) atoms. The Labute approximate surface area is 126 Å². The monoisotopic (exact) mass is 294 g/mol. The van der Waals surface area contributed by atoms with E-state index in [9.17, 15) is 9.90 Å². The minimum atomic E-state index is -0.531. The highest BCUT2D eigenvalue weighted by atomic mass is 16.5. The summed E-state index contributed by atoms with van der Waals surface area (Å²) >= 11 is 0. The van der Waals surface area contributed by atoms with E-state index in [-0.39, 0.29) is 18.4 Å². The van der Waals surface area contributed by atoms with Crippen molar-refractivity contribution >= 4 is 11.6 Å². The Morgan fingerprint density at radius 3 is 2.52 bits per heavy atom. The first-order valence-corrected chi connectivity index (χ1v) is 7.51. The van der Waals surface area contributed by atoms with E-state index in [1.165, 1.54) is 0 Å². The standard InChI is InChI=1S/C16H26N2O3/c1-4-11(5-2)15(19)10-18-16(20)12-7-13(17)9-14(8-12)21-6-3/h7-9,11,15,19H,4-6,10,17H2,1-3H3,(H,18,20). The first-order chi connectivity index (χ1) is 10.0. The maximum Gasteiger partial charge on any atom is 0.251 e. The summed E-state index contributed by atoms with van der Waals surface area (Å²) in [5.41, 5.74) is 6.68. The normalized spacial score (nSPS) is 12.2. The van der Waals surface area contributed by atoms with Crippen LogP contribution in [0.1, 0.15) is 44.0 Å². The van der Waals surface area contributed by atoms with Crippen LogP contribution in [0.15, 0.2) is 18.2 Å². The van der Waals surface area contributed by atoms with Gasteiger partial charge in [0.2, 0.25) is 0 Å². The van der Waals surface area contributed by atoms with Crippen molar-refractivity contribution in [3.63, 3.8) is 0 Å². The van der Waals surface area contributed by atoms with Gasteiger partial charge in [-0.3, -0.25) is 4.79 Å². The second-order valence-corrected chi connectivity index (χ2v) is 5.08. The van der Waals surface area contributed by atoms with Crippen LogP contribution >= 0.6 is 0 Å². The van der Waals surface area contributed by atoms with Gasteiger partial charge in [0, 0.05) is 23.9 Å². The Morgan fingerprint density at radius 1 is 1.29 bits per heavy atom. The Bertz CT molecular complexity index is 459. The highest BCUT2D eigenvalue weighted by Crippen LogP contribution is 2.19. The van der Waals surface area contributed by atoms with E-state index in [2.05, 4.69) is 5.32 Å². The first-order valence-electron chi connectivity index (χ1n) is 7.51. The van der Waals surface area contributed by atoms with Crippen molar-refractivity contribution in [1.82, 2.24) is 5.32 Å². The SMILES string of the molecule is CCOc1cc(N)cc(C(=O)NCC(O)C(CC)CC)c1. The van der Waals surface area contributed by atoms with Crippen molar-refractivity contribution in [2.24, 2.45) is 5.92 Å². The fraction of sp³-hybridized carbons (Fsp3) is 0.562. The largest absolute Gasteiger partial charge is 0.494 e. The van der Waals surface area contributed by atoms with Crippen LogP contribution in [-0.2, 0) is 0 Å². The molecule has 0 aliphatic rings. The summed E-state index contributed by atoms with van der Waals surface area (Å²) in [7, 11) is 0. The molecular formula is C16H26N2O3. The molecule has 4 N–H and O–H groups in total. The molecular weight excluding hydrogens is 268 g/mol. The van der Waals surface area contributed by atoms with Crippen molar-refractivity contribution in [3.8, 4) is 5.75 Å². The van der Waals surface area contributed by atoms with Crippen LogP contribution in [0.4, 0.5) is 5.69 Å². The minimum Gasteiger partial charge on any atom is -0.494 e. The molecule has 0 aliphatic carbocycles. The lowest BCUT2D eigenvalue weighted by atomic mass is 9.96. The number of benzene rings is 1. The van der Waals surface area contributed by atoms with Gasteiger partial charge >= 0.3 is 0 Å². The third-order valence-corrected chi connectivity index (χ3v) is 3.57. The third kappa shape index (κ3) is 5.27. The molecule has 0 saturated carbocycles. The number of aliphatic hydroxyl groups excluding tert-OH is 1. The van der Waals surface area contributed by atoms with Gasteiger partial charge in [-0.25, -0.2) is 0 Å². The van der Waals surface area contributed by atoms with Gasteiger partial charge in [0.05, 0.1) is 12.7 Å². The quantitative estimate of drug-likeness (QED) is 0.642.